The summed E-state index contributed by atoms with van der Waals surface area (Å²) in [6.45, 7) is 0. The zero-order chi connectivity index (χ0) is 39.4. The van der Waals surface area contributed by atoms with Crippen molar-refractivity contribution in [3.63, 3.8) is 0 Å². The van der Waals surface area contributed by atoms with Gasteiger partial charge in [0.25, 0.3) is 0 Å². The molecule has 0 radical (unpaired) electrons. The van der Waals surface area contributed by atoms with Gasteiger partial charge in [-0.15, -0.1) is 0 Å². The highest BCUT2D eigenvalue weighted by molar-refractivity contribution is 6.08. The van der Waals surface area contributed by atoms with Crippen molar-refractivity contribution in [2.45, 2.75) is 37.5 Å². The molecule has 5 aliphatic rings. The van der Waals surface area contributed by atoms with Crippen LogP contribution < -0.4 is 0 Å². The zero-order valence-electron chi connectivity index (χ0n) is 33.6. The van der Waals surface area contributed by atoms with Gasteiger partial charge in [0.15, 0.2) is 5.82 Å². The van der Waals surface area contributed by atoms with E-state index >= 15 is 0 Å². The monoisotopic (exact) mass is 768 g/mol. The van der Waals surface area contributed by atoms with Gasteiger partial charge in [0.05, 0.1) is 11.4 Å². The lowest BCUT2D eigenvalue weighted by atomic mass is 9.43. The highest BCUT2D eigenvalue weighted by Gasteiger charge is 2.61. The topological polar surface area (TPSA) is 25.8 Å². The predicted molar refractivity (Wildman–Crippen MR) is 247 cm³/mol. The van der Waals surface area contributed by atoms with Gasteiger partial charge in [-0.3, -0.25) is 0 Å². The molecular weight excluding hydrogens is 725 g/mol. The quantitative estimate of drug-likeness (QED) is 0.174. The van der Waals surface area contributed by atoms with Gasteiger partial charge in [0.2, 0.25) is 0 Å². The van der Waals surface area contributed by atoms with Crippen molar-refractivity contribution in [2.75, 3.05) is 0 Å². The summed E-state index contributed by atoms with van der Waals surface area (Å²) < 4.78 is 0. The fourth-order valence-electron chi connectivity index (χ4n) is 12.8. The summed E-state index contributed by atoms with van der Waals surface area (Å²) in [5.74, 6) is 3.89. The first kappa shape index (κ1) is 34.2. The van der Waals surface area contributed by atoms with E-state index in [1.54, 1.807) is 11.1 Å². The molecule has 60 heavy (non-hydrogen) atoms. The Morgan fingerprint density at radius 2 is 0.950 bits per heavy atom. The Labute approximate surface area is 351 Å². The maximum Gasteiger partial charge on any atom is 0.160 e. The molecule has 1 heterocycles. The molecule has 9 aromatic rings. The molecule has 8 aromatic carbocycles. The first-order valence-corrected chi connectivity index (χ1v) is 22.0. The summed E-state index contributed by atoms with van der Waals surface area (Å²) in [4.78, 5) is 10.8. The fraction of sp³-hybridized carbons (Fsp3) is 0.172. The molecular formula is C58H44N2. The Kier molecular flexibility index (Phi) is 7.52. The summed E-state index contributed by atoms with van der Waals surface area (Å²) in [6, 6.07) is 67.2. The lowest BCUT2D eigenvalue weighted by Crippen LogP contribution is -2.55. The number of nitrogens with zero attached hydrogens (tertiary/aromatic N) is 2. The molecule has 0 N–H and O–H groups in total. The molecule has 0 aliphatic heterocycles. The van der Waals surface area contributed by atoms with E-state index in [4.69, 9.17) is 9.97 Å². The van der Waals surface area contributed by atoms with Crippen LogP contribution in [0.4, 0.5) is 0 Å². The largest absolute Gasteiger partial charge is 0.228 e. The highest BCUT2D eigenvalue weighted by Crippen LogP contribution is 2.70. The summed E-state index contributed by atoms with van der Waals surface area (Å²) in [6.07, 6.45) is 6.90. The second kappa shape index (κ2) is 13.2. The van der Waals surface area contributed by atoms with Crippen molar-refractivity contribution >= 4 is 21.5 Å². The Balaban J connectivity index is 1.07. The van der Waals surface area contributed by atoms with Gasteiger partial charge in [-0.2, -0.15) is 0 Å². The number of fused-ring (bicyclic) bond motifs is 5. The Morgan fingerprint density at radius 1 is 0.367 bits per heavy atom. The van der Waals surface area contributed by atoms with Crippen LogP contribution in [-0.4, -0.2) is 9.97 Å². The standard InChI is InChI=1S/C58H44N2/c1-3-12-38(13-4-1)39-22-24-41(25-23-39)53-35-54(60-57(59-53)42-15-5-2-6-16-42)56-47-19-10-9-14-40(47)26-27-49(56)48-20-11-21-51-55(48)50-33-43-17-7-8-18-44(43)34-52(50)58(51)45-29-36-28-37(31-45)32-46(58)30-36/h1-27,33-37,45-46H,28-32H2. The van der Waals surface area contributed by atoms with Crippen molar-refractivity contribution in [1.82, 2.24) is 9.97 Å². The average molecular weight is 769 g/mol. The fourth-order valence-corrected chi connectivity index (χ4v) is 12.8. The molecule has 0 unspecified atom stereocenters. The molecule has 286 valence electrons. The molecule has 2 nitrogen and oxygen atoms in total. The minimum Gasteiger partial charge on any atom is -0.228 e. The second-order valence-electron chi connectivity index (χ2n) is 18.1. The zero-order valence-corrected chi connectivity index (χ0v) is 33.6. The van der Waals surface area contributed by atoms with E-state index in [1.807, 2.05) is 0 Å². The Morgan fingerprint density at radius 3 is 1.68 bits per heavy atom. The molecule has 1 spiro atoms. The normalized spacial score (nSPS) is 22.1. The van der Waals surface area contributed by atoms with Crippen LogP contribution in [0.2, 0.25) is 0 Å². The van der Waals surface area contributed by atoms with E-state index in [2.05, 4.69) is 182 Å². The van der Waals surface area contributed by atoms with Gasteiger partial charge in [-0.25, -0.2) is 9.97 Å². The van der Waals surface area contributed by atoms with Crippen LogP contribution in [0, 0.1) is 23.7 Å². The van der Waals surface area contributed by atoms with Crippen molar-refractivity contribution < 1.29 is 0 Å². The van der Waals surface area contributed by atoms with Crippen LogP contribution in [0.5, 0.6) is 0 Å². The number of rotatable bonds is 5. The summed E-state index contributed by atoms with van der Waals surface area (Å²) in [5.41, 5.74) is 16.1. The van der Waals surface area contributed by atoms with E-state index in [0.717, 1.165) is 45.7 Å². The number of hydrogen-bond acceptors (Lipinski definition) is 2. The summed E-state index contributed by atoms with van der Waals surface area (Å²) in [7, 11) is 0. The minimum absolute atomic E-state index is 0.0591. The number of hydrogen-bond donors (Lipinski definition) is 0. The summed E-state index contributed by atoms with van der Waals surface area (Å²) >= 11 is 0. The SMILES string of the molecule is c1ccc(-c2ccc(-c3cc(-c4c(-c5cccc6c5-c5cc7ccccc7cc5C65C6CC7CC(C6)CC5C7)ccc5ccccc45)nc(-c4ccccc4)n3)cc2)cc1. The molecule has 4 fully saturated rings. The Hall–Kier alpha value is -6.64. The van der Waals surface area contributed by atoms with E-state index in [-0.39, 0.29) is 5.41 Å². The lowest BCUT2D eigenvalue weighted by molar-refractivity contribution is -0.0398. The smallest absolute Gasteiger partial charge is 0.160 e. The van der Waals surface area contributed by atoms with E-state index < -0.39 is 0 Å². The van der Waals surface area contributed by atoms with Gasteiger partial charge in [-0.05, 0) is 140 Å². The van der Waals surface area contributed by atoms with E-state index in [1.165, 1.54) is 87.0 Å². The van der Waals surface area contributed by atoms with Gasteiger partial charge < -0.3 is 0 Å². The van der Waals surface area contributed by atoms with Crippen LogP contribution in [0.25, 0.3) is 88.8 Å². The van der Waals surface area contributed by atoms with Crippen molar-refractivity contribution in [3.05, 3.63) is 193 Å². The molecule has 1 aromatic heterocycles. The summed E-state index contributed by atoms with van der Waals surface area (Å²) in [5, 5.41) is 5.10. The van der Waals surface area contributed by atoms with Crippen molar-refractivity contribution in [1.29, 1.82) is 0 Å². The van der Waals surface area contributed by atoms with Gasteiger partial charge in [0.1, 0.15) is 0 Å². The maximum absolute atomic E-state index is 5.51. The van der Waals surface area contributed by atoms with Gasteiger partial charge in [0, 0.05) is 22.1 Å². The van der Waals surface area contributed by atoms with Crippen LogP contribution in [0.1, 0.15) is 43.2 Å². The highest BCUT2D eigenvalue weighted by atomic mass is 14.9. The molecule has 4 bridgehead atoms. The van der Waals surface area contributed by atoms with E-state index in [0.29, 0.717) is 11.8 Å². The van der Waals surface area contributed by atoms with Gasteiger partial charge >= 0.3 is 0 Å². The molecule has 14 rings (SSSR count). The van der Waals surface area contributed by atoms with Gasteiger partial charge in [-0.1, -0.05) is 164 Å². The molecule has 4 saturated carbocycles. The molecule has 2 heteroatoms. The third-order valence-corrected chi connectivity index (χ3v) is 15.1. The first-order chi connectivity index (χ1) is 29.7. The molecule has 0 amide bonds. The van der Waals surface area contributed by atoms with Crippen LogP contribution in [0.3, 0.4) is 0 Å². The maximum atomic E-state index is 5.51. The lowest BCUT2D eigenvalue weighted by Gasteiger charge is -2.61. The number of benzene rings is 8. The third-order valence-electron chi connectivity index (χ3n) is 15.1. The minimum atomic E-state index is 0.0591. The first-order valence-electron chi connectivity index (χ1n) is 22.0. The molecule has 0 saturated heterocycles. The predicted octanol–water partition coefficient (Wildman–Crippen LogP) is 14.8. The van der Waals surface area contributed by atoms with Crippen LogP contribution in [-0.2, 0) is 5.41 Å². The average Bonchev–Trinajstić information content (AvgIpc) is 3.59. The van der Waals surface area contributed by atoms with Crippen molar-refractivity contribution in [2.24, 2.45) is 23.7 Å². The Bertz CT molecular complexity index is 3120. The van der Waals surface area contributed by atoms with Crippen LogP contribution >= 0.6 is 0 Å². The second-order valence-corrected chi connectivity index (χ2v) is 18.1. The number of aromatic nitrogens is 2. The molecule has 5 aliphatic carbocycles. The molecule has 0 atom stereocenters. The van der Waals surface area contributed by atoms with Crippen molar-refractivity contribution in [3.8, 4) is 67.3 Å². The third kappa shape index (κ3) is 5.07. The van der Waals surface area contributed by atoms with Crippen LogP contribution in [0.15, 0.2) is 182 Å². The van der Waals surface area contributed by atoms with E-state index in [9.17, 15) is 0 Å².